The van der Waals surface area contributed by atoms with Crippen LogP contribution < -0.4 is 20.6 Å². The van der Waals surface area contributed by atoms with Gasteiger partial charge in [0.05, 0.1) is 11.4 Å². The molecular formula is C69H69BN2. The highest BCUT2D eigenvalue weighted by atomic mass is 15.2. The van der Waals surface area contributed by atoms with Crippen molar-refractivity contribution in [3.05, 3.63) is 214 Å². The lowest BCUT2D eigenvalue weighted by Gasteiger charge is -2.42. The molecule has 7 aromatic carbocycles. The summed E-state index contributed by atoms with van der Waals surface area (Å²) >= 11 is 0. The number of aryl methyl sites for hydroxylation is 1. The maximum absolute atomic E-state index is 4.54. The number of anilines is 2. The van der Waals surface area contributed by atoms with Gasteiger partial charge in [0.2, 0.25) is 0 Å². The first-order valence-electron chi connectivity index (χ1n) is 27.0. The van der Waals surface area contributed by atoms with Crippen molar-refractivity contribution in [2.45, 2.75) is 122 Å². The largest absolute Gasteiger partial charge is 0.401 e. The average Bonchev–Trinajstić information content (AvgIpc) is 3.91. The third-order valence-electron chi connectivity index (χ3n) is 18.7. The Hall–Kier alpha value is -6.58. The molecule has 6 aliphatic rings. The molecule has 0 saturated heterocycles. The Morgan fingerprint density at radius 1 is 0.583 bits per heavy atom. The van der Waals surface area contributed by atoms with Gasteiger partial charge in [0.1, 0.15) is 0 Å². The van der Waals surface area contributed by atoms with Crippen molar-refractivity contribution in [1.82, 2.24) is 0 Å². The number of fused-ring (bicyclic) bond motifs is 10. The van der Waals surface area contributed by atoms with E-state index in [4.69, 9.17) is 0 Å². The van der Waals surface area contributed by atoms with Gasteiger partial charge in [-0.05, 0) is 185 Å². The standard InChI is InChI=1S/C69H69BN2/c1-11-44-35-49-37-59-61(68(7,8)30-28-66(59,3)4)39-54(49)57(44)41-71-42-58-48(36-50-38-60-62(40-55(50)58)69(9,10)31-29-67(60,5)6)27-32-72-65-56(33-43(2)34-63(65)71)53-26-23-47-19-15-16-20-52(47)64(53)70(72)51-24-21-46(22-25-51)45-17-13-12-14-18-45/h11-27,33-34,37-40,42H,1,28-32,35-36,41H2,2-10H3/b48-27-,58-42?. The van der Waals surface area contributed by atoms with Crippen LogP contribution in [0.3, 0.4) is 0 Å². The number of hydrogen-bond donors (Lipinski definition) is 0. The van der Waals surface area contributed by atoms with E-state index in [0.29, 0.717) is 0 Å². The van der Waals surface area contributed by atoms with Crippen LogP contribution in [0.25, 0.3) is 44.2 Å². The summed E-state index contributed by atoms with van der Waals surface area (Å²) in [7, 11) is 0. The second-order valence-electron chi connectivity index (χ2n) is 25.1. The third-order valence-corrected chi connectivity index (χ3v) is 18.7. The number of benzene rings is 7. The molecule has 358 valence electrons. The molecule has 0 saturated carbocycles. The molecular weight excluding hydrogens is 868 g/mol. The molecule has 72 heavy (non-hydrogen) atoms. The molecule has 13 rings (SSSR count). The van der Waals surface area contributed by atoms with Crippen LogP contribution in [0.1, 0.15) is 131 Å². The number of nitrogens with zero attached hydrogens (tertiary/aromatic N) is 2. The van der Waals surface area contributed by atoms with Crippen LogP contribution in [0.4, 0.5) is 11.4 Å². The Labute approximate surface area is 430 Å². The highest BCUT2D eigenvalue weighted by Crippen LogP contribution is 2.53. The molecule has 2 nitrogen and oxygen atoms in total. The fourth-order valence-corrected chi connectivity index (χ4v) is 14.2. The highest BCUT2D eigenvalue weighted by Gasteiger charge is 2.44. The van der Waals surface area contributed by atoms with Crippen LogP contribution in [0.15, 0.2) is 163 Å². The maximum atomic E-state index is 4.54. The van der Waals surface area contributed by atoms with Gasteiger partial charge in [-0.2, -0.15) is 0 Å². The minimum atomic E-state index is -0.0323. The first-order valence-corrected chi connectivity index (χ1v) is 27.0. The molecule has 4 aliphatic carbocycles. The molecule has 0 radical (unpaired) electrons. The topological polar surface area (TPSA) is 6.48 Å². The molecule has 0 atom stereocenters. The number of rotatable bonds is 5. The summed E-state index contributed by atoms with van der Waals surface area (Å²) in [6.07, 6.45) is 14.1. The minimum Gasteiger partial charge on any atom is -0.401 e. The van der Waals surface area contributed by atoms with E-state index >= 15 is 0 Å². The van der Waals surface area contributed by atoms with E-state index in [2.05, 4.69) is 224 Å². The molecule has 0 aromatic heterocycles. The van der Waals surface area contributed by atoms with E-state index in [1.165, 1.54) is 148 Å². The summed E-state index contributed by atoms with van der Waals surface area (Å²) in [5.74, 6) is 0. The molecule has 0 bridgehead atoms. The van der Waals surface area contributed by atoms with E-state index < -0.39 is 0 Å². The van der Waals surface area contributed by atoms with Gasteiger partial charge in [-0.15, -0.1) is 0 Å². The van der Waals surface area contributed by atoms with Gasteiger partial charge in [-0.25, -0.2) is 0 Å². The van der Waals surface area contributed by atoms with E-state index in [-0.39, 0.29) is 28.5 Å². The van der Waals surface area contributed by atoms with Gasteiger partial charge in [-0.1, -0.05) is 189 Å². The van der Waals surface area contributed by atoms with Gasteiger partial charge < -0.3 is 9.71 Å². The number of allylic oxidation sites excluding steroid dienone is 4. The smallest absolute Gasteiger partial charge is 0.325 e. The molecule has 0 unspecified atom stereocenters. The Balaban J connectivity index is 1.07. The molecule has 3 heteroatoms. The fourth-order valence-electron chi connectivity index (χ4n) is 14.2. The van der Waals surface area contributed by atoms with Crippen LogP contribution in [0.5, 0.6) is 0 Å². The Morgan fingerprint density at radius 2 is 1.18 bits per heavy atom. The van der Waals surface area contributed by atoms with Crippen molar-refractivity contribution in [3.63, 3.8) is 0 Å². The summed E-state index contributed by atoms with van der Waals surface area (Å²) in [6.45, 7) is 28.1. The quantitative estimate of drug-likeness (QED) is 0.159. The Bertz CT molecular complexity index is 3550. The van der Waals surface area contributed by atoms with Gasteiger partial charge in [0.25, 0.3) is 0 Å². The summed E-state index contributed by atoms with van der Waals surface area (Å²) < 4.78 is 0. The average molecular weight is 937 g/mol. The lowest BCUT2D eigenvalue weighted by molar-refractivity contribution is 0.331. The molecule has 0 spiro atoms. The lowest BCUT2D eigenvalue weighted by Crippen LogP contribution is -2.60. The lowest BCUT2D eigenvalue weighted by atomic mass is 9.45. The van der Waals surface area contributed by atoms with Crippen molar-refractivity contribution < 1.29 is 0 Å². The highest BCUT2D eigenvalue weighted by molar-refractivity contribution is 6.91. The van der Waals surface area contributed by atoms with Crippen molar-refractivity contribution in [2.75, 3.05) is 22.8 Å². The number of hydrogen-bond acceptors (Lipinski definition) is 2. The van der Waals surface area contributed by atoms with Crippen molar-refractivity contribution in [1.29, 1.82) is 0 Å². The Morgan fingerprint density at radius 3 is 1.85 bits per heavy atom. The molecule has 0 amide bonds. The zero-order chi connectivity index (χ0) is 49.6. The van der Waals surface area contributed by atoms with E-state index in [1.807, 2.05) is 0 Å². The van der Waals surface area contributed by atoms with Crippen molar-refractivity contribution in [2.24, 2.45) is 0 Å². The zero-order valence-electron chi connectivity index (χ0n) is 44.2. The fraction of sp³-hybridized carbons (Fsp3) is 0.304. The Kier molecular flexibility index (Phi) is 10.0. The van der Waals surface area contributed by atoms with E-state index in [1.54, 1.807) is 5.56 Å². The van der Waals surface area contributed by atoms with Gasteiger partial charge in [0, 0.05) is 30.4 Å². The predicted molar refractivity (Wildman–Crippen MR) is 310 cm³/mol. The summed E-state index contributed by atoms with van der Waals surface area (Å²) in [5, 5.41) is 2.61. The summed E-state index contributed by atoms with van der Waals surface area (Å²) in [4.78, 5) is 5.49. The second-order valence-corrected chi connectivity index (χ2v) is 25.1. The van der Waals surface area contributed by atoms with Crippen molar-refractivity contribution >= 4 is 51.1 Å². The second kappa shape index (κ2) is 16.0. The zero-order valence-corrected chi connectivity index (χ0v) is 44.2. The summed E-state index contributed by atoms with van der Waals surface area (Å²) in [6, 6.07) is 49.7. The first-order chi connectivity index (χ1) is 34.5. The molecule has 2 aliphatic heterocycles. The molecule has 0 fully saturated rings. The van der Waals surface area contributed by atoms with Gasteiger partial charge >= 0.3 is 6.85 Å². The minimum absolute atomic E-state index is 0.0323. The van der Waals surface area contributed by atoms with Crippen LogP contribution in [0.2, 0.25) is 0 Å². The van der Waals surface area contributed by atoms with E-state index in [9.17, 15) is 0 Å². The van der Waals surface area contributed by atoms with Crippen molar-refractivity contribution in [3.8, 4) is 22.3 Å². The van der Waals surface area contributed by atoms with Gasteiger partial charge in [0.15, 0.2) is 0 Å². The molecule has 2 heterocycles. The maximum Gasteiger partial charge on any atom is 0.325 e. The van der Waals surface area contributed by atoms with Crippen LogP contribution in [0, 0.1) is 6.92 Å². The van der Waals surface area contributed by atoms with Crippen LogP contribution in [-0.2, 0) is 34.5 Å². The SMILES string of the molecule is C=CC1=C(CN2C=C3/C(=C\CN4B(c5ccc(-c6ccccc6)cc5)c5c(ccc6ccccc56)-c5cc(C)cc2c54)Cc2cc4c(cc23)C(C)(C)CCC4(C)C)c2cc3c(cc2C1)C(C)(C)CCC3(C)C. The monoisotopic (exact) mass is 937 g/mol. The first kappa shape index (κ1) is 45.3. The van der Waals surface area contributed by atoms with E-state index in [0.717, 1.165) is 25.9 Å². The van der Waals surface area contributed by atoms with Crippen LogP contribution in [-0.4, -0.2) is 19.9 Å². The molecule has 0 N–H and O–H groups in total. The van der Waals surface area contributed by atoms with Crippen LogP contribution >= 0.6 is 0 Å². The predicted octanol–water partition coefficient (Wildman–Crippen LogP) is 15.6. The van der Waals surface area contributed by atoms with Gasteiger partial charge in [-0.3, -0.25) is 0 Å². The summed E-state index contributed by atoms with van der Waals surface area (Å²) in [5.41, 5.74) is 29.7. The third kappa shape index (κ3) is 6.96. The molecule has 7 aromatic rings. The normalized spacial score (nSPS) is 20.1.